The topological polar surface area (TPSA) is 15.3 Å². The van der Waals surface area contributed by atoms with Crippen LogP contribution >= 0.6 is 11.3 Å². The zero-order chi connectivity index (χ0) is 12.3. The van der Waals surface area contributed by atoms with Gasteiger partial charge in [-0.15, -0.1) is 0 Å². The Kier molecular flexibility index (Phi) is 4.60. The molecule has 1 aliphatic rings. The molecule has 2 rings (SSSR count). The van der Waals surface area contributed by atoms with Crippen LogP contribution in [0, 0.1) is 5.92 Å². The molecule has 17 heavy (non-hydrogen) atoms. The van der Waals surface area contributed by atoms with E-state index in [-0.39, 0.29) is 0 Å². The summed E-state index contributed by atoms with van der Waals surface area (Å²) in [7, 11) is 2.07. The lowest BCUT2D eigenvalue weighted by Crippen LogP contribution is -2.45. The Bertz CT molecular complexity index is 319. The van der Waals surface area contributed by atoms with E-state index in [9.17, 15) is 0 Å². The molecule has 3 heteroatoms. The van der Waals surface area contributed by atoms with Gasteiger partial charge in [-0.3, -0.25) is 4.90 Å². The molecular weight excluding hydrogens is 228 g/mol. The average Bonchev–Trinajstić information content (AvgIpc) is 2.82. The standard InChI is InChI=1S/C14H24N2S/c1-11(2)16-7-4-5-12(9-15-3)14(16)13-6-8-17-10-13/h6,8,10-12,14-15H,4-5,7,9H2,1-3H3. The Hall–Kier alpha value is -0.380. The van der Waals surface area contributed by atoms with Crippen molar-refractivity contribution in [2.75, 3.05) is 20.1 Å². The maximum atomic E-state index is 3.37. The van der Waals surface area contributed by atoms with E-state index in [2.05, 4.69) is 47.9 Å². The summed E-state index contributed by atoms with van der Waals surface area (Å²) in [5, 5.41) is 7.90. The first-order chi connectivity index (χ1) is 8.24. The zero-order valence-electron chi connectivity index (χ0n) is 11.1. The highest BCUT2D eigenvalue weighted by atomic mass is 32.1. The Balaban J connectivity index is 2.22. The number of nitrogens with zero attached hydrogens (tertiary/aromatic N) is 1. The second-order valence-corrected chi connectivity index (χ2v) is 6.07. The molecule has 96 valence electrons. The predicted molar refractivity (Wildman–Crippen MR) is 75.6 cm³/mol. The molecule has 1 aromatic rings. The second kappa shape index (κ2) is 5.98. The number of piperidine rings is 1. The molecule has 0 bridgehead atoms. The van der Waals surface area contributed by atoms with Gasteiger partial charge in [-0.25, -0.2) is 0 Å². The Labute approximate surface area is 109 Å². The molecular formula is C14H24N2S. The second-order valence-electron chi connectivity index (χ2n) is 5.29. The fourth-order valence-corrected chi connectivity index (χ4v) is 3.76. The highest BCUT2D eigenvalue weighted by Gasteiger charge is 2.33. The molecule has 1 N–H and O–H groups in total. The third-order valence-electron chi connectivity index (χ3n) is 3.81. The smallest absolute Gasteiger partial charge is 0.0399 e. The van der Waals surface area contributed by atoms with Crippen LogP contribution in [0.15, 0.2) is 16.8 Å². The van der Waals surface area contributed by atoms with E-state index in [0.717, 1.165) is 12.5 Å². The predicted octanol–water partition coefficient (Wildman–Crippen LogP) is 3.13. The Morgan fingerprint density at radius 2 is 2.35 bits per heavy atom. The highest BCUT2D eigenvalue weighted by Crippen LogP contribution is 2.37. The van der Waals surface area contributed by atoms with Crippen LogP contribution in [0.1, 0.15) is 38.3 Å². The van der Waals surface area contributed by atoms with Gasteiger partial charge in [-0.05, 0) is 75.1 Å². The summed E-state index contributed by atoms with van der Waals surface area (Å²) in [5.41, 5.74) is 1.52. The Morgan fingerprint density at radius 1 is 1.53 bits per heavy atom. The highest BCUT2D eigenvalue weighted by molar-refractivity contribution is 7.07. The van der Waals surface area contributed by atoms with E-state index >= 15 is 0 Å². The summed E-state index contributed by atoms with van der Waals surface area (Å²) < 4.78 is 0. The number of thiophene rings is 1. The van der Waals surface area contributed by atoms with Crippen LogP contribution in [0.4, 0.5) is 0 Å². The minimum absolute atomic E-state index is 0.613. The quantitative estimate of drug-likeness (QED) is 0.885. The normalized spacial score (nSPS) is 26.6. The van der Waals surface area contributed by atoms with Crippen molar-refractivity contribution in [3.63, 3.8) is 0 Å². The first-order valence-corrected chi connectivity index (χ1v) is 7.60. The number of hydrogen-bond acceptors (Lipinski definition) is 3. The average molecular weight is 252 g/mol. The third-order valence-corrected chi connectivity index (χ3v) is 4.51. The molecule has 2 heterocycles. The van der Waals surface area contributed by atoms with Crippen molar-refractivity contribution in [1.29, 1.82) is 0 Å². The van der Waals surface area contributed by atoms with Crippen molar-refractivity contribution < 1.29 is 0 Å². The lowest BCUT2D eigenvalue weighted by molar-refractivity contribution is 0.0639. The van der Waals surface area contributed by atoms with Crippen LogP contribution < -0.4 is 5.32 Å². The molecule has 1 aromatic heterocycles. The molecule has 2 atom stereocenters. The van der Waals surface area contributed by atoms with Crippen molar-refractivity contribution in [2.24, 2.45) is 5.92 Å². The first kappa shape index (κ1) is 13.1. The lowest BCUT2D eigenvalue weighted by atomic mass is 9.85. The summed E-state index contributed by atoms with van der Waals surface area (Å²) in [6.07, 6.45) is 2.69. The molecule has 0 aliphatic carbocycles. The molecule has 2 nitrogen and oxygen atoms in total. The third kappa shape index (κ3) is 2.90. The lowest BCUT2D eigenvalue weighted by Gasteiger charge is -2.43. The fraction of sp³-hybridized carbons (Fsp3) is 0.714. The number of likely N-dealkylation sites (tertiary alicyclic amines) is 1. The molecule has 0 spiro atoms. The van der Waals surface area contributed by atoms with Crippen LogP contribution in [0.3, 0.4) is 0 Å². The largest absolute Gasteiger partial charge is 0.319 e. The van der Waals surface area contributed by atoms with Crippen molar-refractivity contribution in [1.82, 2.24) is 10.2 Å². The van der Waals surface area contributed by atoms with Crippen LogP contribution in [0.2, 0.25) is 0 Å². The molecule has 0 aromatic carbocycles. The van der Waals surface area contributed by atoms with Crippen LogP contribution in [0.25, 0.3) is 0 Å². The number of rotatable bonds is 4. The van der Waals surface area contributed by atoms with Gasteiger partial charge in [0.1, 0.15) is 0 Å². The van der Waals surface area contributed by atoms with E-state index in [1.807, 2.05) is 11.3 Å². The van der Waals surface area contributed by atoms with Crippen LogP contribution in [-0.4, -0.2) is 31.1 Å². The van der Waals surface area contributed by atoms with E-state index in [1.165, 1.54) is 24.9 Å². The molecule has 1 fully saturated rings. The van der Waals surface area contributed by atoms with Gasteiger partial charge >= 0.3 is 0 Å². The van der Waals surface area contributed by atoms with E-state index in [4.69, 9.17) is 0 Å². The molecule has 0 radical (unpaired) electrons. The van der Waals surface area contributed by atoms with Gasteiger partial charge in [0, 0.05) is 12.1 Å². The van der Waals surface area contributed by atoms with E-state index in [0.29, 0.717) is 12.1 Å². The molecule has 1 saturated heterocycles. The van der Waals surface area contributed by atoms with Crippen LogP contribution in [0.5, 0.6) is 0 Å². The molecule has 1 aliphatic heterocycles. The van der Waals surface area contributed by atoms with Gasteiger partial charge in [-0.2, -0.15) is 11.3 Å². The van der Waals surface area contributed by atoms with Gasteiger partial charge in [0.2, 0.25) is 0 Å². The van der Waals surface area contributed by atoms with Gasteiger partial charge in [0.05, 0.1) is 0 Å². The maximum Gasteiger partial charge on any atom is 0.0399 e. The minimum Gasteiger partial charge on any atom is -0.319 e. The maximum absolute atomic E-state index is 3.37. The fourth-order valence-electron chi connectivity index (χ4n) is 3.07. The van der Waals surface area contributed by atoms with Crippen molar-refractivity contribution in [3.8, 4) is 0 Å². The molecule has 0 saturated carbocycles. The molecule has 2 unspecified atom stereocenters. The van der Waals surface area contributed by atoms with Crippen molar-refractivity contribution >= 4 is 11.3 Å². The number of hydrogen-bond donors (Lipinski definition) is 1. The first-order valence-electron chi connectivity index (χ1n) is 6.66. The van der Waals surface area contributed by atoms with E-state index < -0.39 is 0 Å². The monoisotopic (exact) mass is 252 g/mol. The van der Waals surface area contributed by atoms with Crippen molar-refractivity contribution in [2.45, 2.75) is 38.8 Å². The summed E-state index contributed by atoms with van der Waals surface area (Å²) in [6.45, 7) is 7.02. The van der Waals surface area contributed by atoms with Gasteiger partial charge < -0.3 is 5.32 Å². The zero-order valence-corrected chi connectivity index (χ0v) is 12.0. The summed E-state index contributed by atoms with van der Waals surface area (Å²) in [6, 6.07) is 3.56. The minimum atomic E-state index is 0.613. The van der Waals surface area contributed by atoms with Gasteiger partial charge in [0.25, 0.3) is 0 Å². The summed E-state index contributed by atoms with van der Waals surface area (Å²) >= 11 is 1.82. The molecule has 0 amide bonds. The van der Waals surface area contributed by atoms with Gasteiger partial charge in [0.15, 0.2) is 0 Å². The Morgan fingerprint density at radius 3 is 2.94 bits per heavy atom. The number of nitrogens with one attached hydrogen (secondary N) is 1. The van der Waals surface area contributed by atoms with Crippen LogP contribution in [-0.2, 0) is 0 Å². The summed E-state index contributed by atoms with van der Waals surface area (Å²) in [5.74, 6) is 0.755. The van der Waals surface area contributed by atoms with Crippen molar-refractivity contribution in [3.05, 3.63) is 22.4 Å². The summed E-state index contributed by atoms with van der Waals surface area (Å²) in [4.78, 5) is 2.67. The SMILES string of the molecule is CNCC1CCCN(C(C)C)C1c1ccsc1. The van der Waals surface area contributed by atoms with Gasteiger partial charge in [-0.1, -0.05) is 0 Å². The van der Waals surface area contributed by atoms with E-state index in [1.54, 1.807) is 0 Å².